The second-order valence-electron chi connectivity index (χ2n) is 6.75. The number of ether oxygens (including phenoxy) is 2. The van der Waals surface area contributed by atoms with Crippen LogP contribution in [0, 0.1) is 5.92 Å². The molecule has 0 aliphatic carbocycles. The molecular formula is C22H28N2O4S. The molecule has 7 heteroatoms. The summed E-state index contributed by atoms with van der Waals surface area (Å²) in [6.07, 6.45) is 0. The van der Waals surface area contributed by atoms with Crippen LogP contribution >= 0.6 is 11.8 Å². The van der Waals surface area contributed by atoms with Gasteiger partial charge in [0.1, 0.15) is 17.5 Å². The molecule has 0 spiro atoms. The van der Waals surface area contributed by atoms with Crippen LogP contribution in [0.1, 0.15) is 24.2 Å². The largest absolute Gasteiger partial charge is 0.497 e. The molecule has 0 aliphatic rings. The molecule has 2 aromatic carbocycles. The van der Waals surface area contributed by atoms with Crippen LogP contribution in [0.3, 0.4) is 0 Å². The molecule has 2 N–H and O–H groups in total. The third-order valence-electron chi connectivity index (χ3n) is 4.26. The van der Waals surface area contributed by atoms with Gasteiger partial charge in [-0.2, -0.15) is 0 Å². The number of rotatable bonds is 10. The van der Waals surface area contributed by atoms with Crippen molar-refractivity contribution in [2.45, 2.75) is 24.8 Å². The second-order valence-corrected chi connectivity index (χ2v) is 7.92. The molecule has 6 nitrogen and oxygen atoms in total. The highest BCUT2D eigenvalue weighted by Crippen LogP contribution is 2.22. The van der Waals surface area contributed by atoms with Crippen LogP contribution in [0.4, 0.5) is 0 Å². The van der Waals surface area contributed by atoms with Crippen molar-refractivity contribution in [3.8, 4) is 11.5 Å². The van der Waals surface area contributed by atoms with Crippen LogP contribution in [0.5, 0.6) is 11.5 Å². The van der Waals surface area contributed by atoms with E-state index < -0.39 is 6.04 Å². The number of hydrogen-bond acceptors (Lipinski definition) is 5. The highest BCUT2D eigenvalue weighted by molar-refractivity contribution is 7.99. The summed E-state index contributed by atoms with van der Waals surface area (Å²) in [5.74, 6) is 1.16. The molecule has 2 aromatic rings. The first-order valence-electron chi connectivity index (χ1n) is 9.44. The summed E-state index contributed by atoms with van der Waals surface area (Å²) in [6, 6.07) is 14.3. The van der Waals surface area contributed by atoms with E-state index >= 15 is 0 Å². The third-order valence-corrected chi connectivity index (χ3v) is 5.28. The standard InChI is InChI=1S/C22H28N2O4S/c1-15(2)20(22(26)23-10-11-29-19-8-6-5-7-9-19)24-21(25)16-12-17(27-3)14-18(13-16)28-4/h5-9,12-15,20H,10-11H2,1-4H3,(H,23,26)(H,24,25). The minimum atomic E-state index is -0.638. The molecule has 2 rings (SSSR count). The van der Waals surface area contributed by atoms with Crippen molar-refractivity contribution in [2.75, 3.05) is 26.5 Å². The molecule has 29 heavy (non-hydrogen) atoms. The number of thioether (sulfide) groups is 1. The Balaban J connectivity index is 1.94. The molecule has 0 saturated carbocycles. The summed E-state index contributed by atoms with van der Waals surface area (Å²) >= 11 is 1.67. The van der Waals surface area contributed by atoms with Crippen molar-refractivity contribution in [1.29, 1.82) is 0 Å². The molecule has 0 heterocycles. The van der Waals surface area contributed by atoms with E-state index in [0.29, 0.717) is 23.6 Å². The van der Waals surface area contributed by atoms with Gasteiger partial charge in [0, 0.05) is 28.8 Å². The molecule has 1 unspecified atom stereocenters. The van der Waals surface area contributed by atoms with Gasteiger partial charge in [-0.1, -0.05) is 32.0 Å². The molecule has 2 amide bonds. The Kier molecular flexibility index (Phi) is 8.86. The Morgan fingerprint density at radius 3 is 2.17 bits per heavy atom. The Hall–Kier alpha value is -2.67. The third kappa shape index (κ3) is 7.02. The van der Waals surface area contributed by atoms with Crippen molar-refractivity contribution in [3.05, 3.63) is 54.1 Å². The lowest BCUT2D eigenvalue weighted by molar-refractivity contribution is -0.123. The van der Waals surface area contributed by atoms with E-state index in [1.54, 1.807) is 30.0 Å². The van der Waals surface area contributed by atoms with Gasteiger partial charge in [0.15, 0.2) is 0 Å². The molecule has 1 atom stereocenters. The van der Waals surface area contributed by atoms with E-state index in [1.165, 1.54) is 14.2 Å². The summed E-state index contributed by atoms with van der Waals surface area (Å²) in [5.41, 5.74) is 0.374. The normalized spacial score (nSPS) is 11.6. The molecule has 0 bridgehead atoms. The summed E-state index contributed by atoms with van der Waals surface area (Å²) in [7, 11) is 3.04. The minimum Gasteiger partial charge on any atom is -0.497 e. The Morgan fingerprint density at radius 1 is 1.00 bits per heavy atom. The van der Waals surface area contributed by atoms with Gasteiger partial charge in [-0.05, 0) is 30.2 Å². The summed E-state index contributed by atoms with van der Waals surface area (Å²) in [4.78, 5) is 26.5. The summed E-state index contributed by atoms with van der Waals surface area (Å²) < 4.78 is 10.4. The summed E-state index contributed by atoms with van der Waals surface area (Å²) in [5, 5.41) is 5.74. The fourth-order valence-corrected chi connectivity index (χ4v) is 3.46. The fraction of sp³-hybridized carbons (Fsp3) is 0.364. The lowest BCUT2D eigenvalue weighted by atomic mass is 10.0. The van der Waals surface area contributed by atoms with Gasteiger partial charge in [-0.25, -0.2) is 0 Å². The van der Waals surface area contributed by atoms with E-state index in [1.807, 2.05) is 44.2 Å². The molecular weight excluding hydrogens is 388 g/mol. The van der Waals surface area contributed by atoms with Crippen LogP contribution in [0.15, 0.2) is 53.4 Å². The van der Waals surface area contributed by atoms with Crippen LogP contribution in [0.25, 0.3) is 0 Å². The SMILES string of the molecule is COc1cc(OC)cc(C(=O)NC(C(=O)NCCSc2ccccc2)C(C)C)c1. The van der Waals surface area contributed by atoms with Crippen LogP contribution in [-0.2, 0) is 4.79 Å². The predicted octanol–water partition coefficient (Wildman–Crippen LogP) is 3.37. The van der Waals surface area contributed by atoms with Crippen molar-refractivity contribution >= 4 is 23.6 Å². The average molecular weight is 417 g/mol. The number of carbonyl (C=O) groups excluding carboxylic acids is 2. The van der Waals surface area contributed by atoms with Gasteiger partial charge in [0.05, 0.1) is 14.2 Å². The maximum Gasteiger partial charge on any atom is 0.252 e. The molecule has 0 fully saturated rings. The van der Waals surface area contributed by atoms with Gasteiger partial charge < -0.3 is 20.1 Å². The number of carbonyl (C=O) groups is 2. The Morgan fingerprint density at radius 2 is 1.62 bits per heavy atom. The molecule has 0 radical (unpaired) electrons. The number of amides is 2. The van der Waals surface area contributed by atoms with Gasteiger partial charge >= 0.3 is 0 Å². The Bertz CT molecular complexity index is 789. The first-order valence-corrected chi connectivity index (χ1v) is 10.4. The van der Waals surface area contributed by atoms with Crippen molar-refractivity contribution in [1.82, 2.24) is 10.6 Å². The molecule has 0 aliphatic heterocycles. The average Bonchev–Trinajstić information content (AvgIpc) is 2.74. The van der Waals surface area contributed by atoms with E-state index in [-0.39, 0.29) is 17.7 Å². The second kappa shape index (κ2) is 11.4. The van der Waals surface area contributed by atoms with E-state index in [9.17, 15) is 9.59 Å². The lowest BCUT2D eigenvalue weighted by Gasteiger charge is -2.22. The quantitative estimate of drug-likeness (QED) is 0.459. The van der Waals surface area contributed by atoms with E-state index in [2.05, 4.69) is 10.6 Å². The van der Waals surface area contributed by atoms with Crippen LogP contribution in [-0.4, -0.2) is 44.4 Å². The highest BCUT2D eigenvalue weighted by Gasteiger charge is 2.24. The van der Waals surface area contributed by atoms with E-state index in [4.69, 9.17) is 9.47 Å². The van der Waals surface area contributed by atoms with Crippen LogP contribution < -0.4 is 20.1 Å². The van der Waals surface area contributed by atoms with Crippen LogP contribution in [0.2, 0.25) is 0 Å². The predicted molar refractivity (Wildman–Crippen MR) is 116 cm³/mol. The minimum absolute atomic E-state index is 0.0618. The monoisotopic (exact) mass is 416 g/mol. The first-order chi connectivity index (χ1) is 13.9. The zero-order valence-electron chi connectivity index (χ0n) is 17.2. The zero-order chi connectivity index (χ0) is 21.2. The van der Waals surface area contributed by atoms with Gasteiger partial charge in [0.2, 0.25) is 5.91 Å². The van der Waals surface area contributed by atoms with Crippen molar-refractivity contribution < 1.29 is 19.1 Å². The molecule has 0 aromatic heterocycles. The summed E-state index contributed by atoms with van der Waals surface area (Å²) in [6.45, 7) is 4.31. The maximum absolute atomic E-state index is 12.7. The van der Waals surface area contributed by atoms with Gasteiger partial charge in [-0.3, -0.25) is 9.59 Å². The van der Waals surface area contributed by atoms with Gasteiger partial charge in [-0.15, -0.1) is 11.8 Å². The lowest BCUT2D eigenvalue weighted by Crippen LogP contribution is -2.50. The highest BCUT2D eigenvalue weighted by atomic mass is 32.2. The first kappa shape index (κ1) is 22.6. The van der Waals surface area contributed by atoms with Crippen molar-refractivity contribution in [3.63, 3.8) is 0 Å². The maximum atomic E-state index is 12.7. The number of hydrogen-bond donors (Lipinski definition) is 2. The smallest absolute Gasteiger partial charge is 0.252 e. The van der Waals surface area contributed by atoms with E-state index in [0.717, 1.165) is 10.6 Å². The van der Waals surface area contributed by atoms with Crippen molar-refractivity contribution in [2.24, 2.45) is 5.92 Å². The zero-order valence-corrected chi connectivity index (χ0v) is 18.0. The number of nitrogens with one attached hydrogen (secondary N) is 2. The molecule has 0 saturated heterocycles. The Labute approximate surface area is 176 Å². The topological polar surface area (TPSA) is 76.7 Å². The number of methoxy groups -OCH3 is 2. The van der Waals surface area contributed by atoms with Gasteiger partial charge in [0.25, 0.3) is 5.91 Å². The number of benzene rings is 2. The fourth-order valence-electron chi connectivity index (χ4n) is 2.67. The molecule has 156 valence electrons.